The van der Waals surface area contributed by atoms with E-state index in [9.17, 15) is 4.79 Å². The van der Waals surface area contributed by atoms with Crippen molar-refractivity contribution in [1.29, 1.82) is 0 Å². The number of hydrogen-bond acceptors (Lipinski definition) is 4. The molecule has 2 N–H and O–H groups in total. The van der Waals surface area contributed by atoms with Crippen LogP contribution in [-0.4, -0.2) is 76.9 Å². The van der Waals surface area contributed by atoms with Crippen molar-refractivity contribution in [2.45, 2.75) is 26.7 Å². The summed E-state index contributed by atoms with van der Waals surface area (Å²) < 4.78 is 10.9. The standard InChI is InChI=1S/C15H32N4O3/c1-5-7-9-21-11-12-22-10-8-17-15(16-6-2)18-13-14(20)19(3)4/h5-13H2,1-4H3,(H2,16,17,18). The minimum atomic E-state index is -0.0299. The third kappa shape index (κ3) is 12.4. The molecular formula is C15H32N4O3. The summed E-state index contributed by atoms with van der Waals surface area (Å²) in [4.78, 5) is 17.2. The fourth-order valence-corrected chi connectivity index (χ4v) is 1.44. The van der Waals surface area contributed by atoms with Crippen LogP contribution in [0, 0.1) is 0 Å². The van der Waals surface area contributed by atoms with E-state index in [0.717, 1.165) is 26.0 Å². The third-order valence-electron chi connectivity index (χ3n) is 2.77. The van der Waals surface area contributed by atoms with Gasteiger partial charge in [-0.1, -0.05) is 13.3 Å². The van der Waals surface area contributed by atoms with Crippen molar-refractivity contribution >= 4 is 11.9 Å². The highest BCUT2D eigenvalue weighted by molar-refractivity contribution is 5.84. The molecule has 0 aromatic carbocycles. The van der Waals surface area contributed by atoms with Crippen LogP contribution in [0.2, 0.25) is 0 Å². The zero-order valence-electron chi connectivity index (χ0n) is 14.5. The van der Waals surface area contributed by atoms with E-state index in [-0.39, 0.29) is 12.5 Å². The lowest BCUT2D eigenvalue weighted by Crippen LogP contribution is -2.40. The van der Waals surface area contributed by atoms with Gasteiger partial charge in [-0.2, -0.15) is 0 Å². The summed E-state index contributed by atoms with van der Waals surface area (Å²) in [7, 11) is 3.43. The van der Waals surface area contributed by atoms with Gasteiger partial charge in [0.15, 0.2) is 5.96 Å². The molecule has 0 aliphatic carbocycles. The van der Waals surface area contributed by atoms with Crippen molar-refractivity contribution in [2.75, 3.05) is 60.2 Å². The molecule has 0 heterocycles. The Morgan fingerprint density at radius 3 is 2.32 bits per heavy atom. The molecular weight excluding hydrogens is 284 g/mol. The first kappa shape index (κ1) is 20.7. The number of unbranched alkanes of at least 4 members (excludes halogenated alkanes) is 1. The molecule has 0 bridgehead atoms. The van der Waals surface area contributed by atoms with Crippen molar-refractivity contribution in [2.24, 2.45) is 4.99 Å². The van der Waals surface area contributed by atoms with Crippen LogP contribution >= 0.6 is 0 Å². The number of likely N-dealkylation sites (N-methyl/N-ethyl adjacent to an activating group) is 1. The highest BCUT2D eigenvalue weighted by Gasteiger charge is 2.03. The molecule has 7 nitrogen and oxygen atoms in total. The van der Waals surface area contributed by atoms with E-state index in [1.54, 1.807) is 14.1 Å². The Labute approximate surface area is 134 Å². The van der Waals surface area contributed by atoms with Crippen molar-refractivity contribution in [3.8, 4) is 0 Å². The van der Waals surface area contributed by atoms with Crippen LogP contribution in [0.3, 0.4) is 0 Å². The van der Waals surface area contributed by atoms with Crippen molar-refractivity contribution in [3.05, 3.63) is 0 Å². The molecule has 0 saturated heterocycles. The number of carbonyl (C=O) groups is 1. The maximum absolute atomic E-state index is 11.5. The molecule has 0 aromatic rings. The number of ether oxygens (including phenoxy) is 2. The van der Waals surface area contributed by atoms with Crippen LogP contribution < -0.4 is 10.6 Å². The number of guanidine groups is 1. The Hall–Kier alpha value is -1.34. The summed E-state index contributed by atoms with van der Waals surface area (Å²) in [5.74, 6) is 0.596. The highest BCUT2D eigenvalue weighted by atomic mass is 16.5. The van der Waals surface area contributed by atoms with Crippen LogP contribution in [0.4, 0.5) is 0 Å². The van der Waals surface area contributed by atoms with Gasteiger partial charge in [0.25, 0.3) is 0 Å². The molecule has 22 heavy (non-hydrogen) atoms. The number of nitrogens with one attached hydrogen (secondary N) is 2. The number of rotatable bonds is 12. The second-order valence-corrected chi connectivity index (χ2v) is 4.99. The summed E-state index contributed by atoms with van der Waals surface area (Å²) in [6.45, 7) is 8.23. The normalized spacial score (nSPS) is 11.4. The summed E-state index contributed by atoms with van der Waals surface area (Å²) in [5.41, 5.74) is 0. The SMILES string of the molecule is CCCCOCCOCCNC(=NCC(=O)N(C)C)NCC. The molecule has 0 unspecified atom stereocenters. The molecule has 0 saturated carbocycles. The van der Waals surface area contributed by atoms with Gasteiger partial charge in [-0.25, -0.2) is 4.99 Å². The number of aliphatic imine (C=N–C) groups is 1. The molecule has 0 aliphatic heterocycles. The highest BCUT2D eigenvalue weighted by Crippen LogP contribution is 1.87. The first-order valence-electron chi connectivity index (χ1n) is 7.99. The quantitative estimate of drug-likeness (QED) is 0.311. The summed E-state index contributed by atoms with van der Waals surface area (Å²) in [6, 6.07) is 0. The minimum absolute atomic E-state index is 0.0299. The average molecular weight is 316 g/mol. The Balaban J connectivity index is 3.73. The average Bonchev–Trinajstić information content (AvgIpc) is 2.50. The minimum Gasteiger partial charge on any atom is -0.379 e. The van der Waals surface area contributed by atoms with Gasteiger partial charge < -0.3 is 25.0 Å². The van der Waals surface area contributed by atoms with Gasteiger partial charge in [-0.15, -0.1) is 0 Å². The Morgan fingerprint density at radius 2 is 1.73 bits per heavy atom. The summed E-state index contributed by atoms with van der Waals surface area (Å²) >= 11 is 0. The van der Waals surface area contributed by atoms with Crippen molar-refractivity contribution in [3.63, 3.8) is 0 Å². The second kappa shape index (κ2) is 14.6. The largest absolute Gasteiger partial charge is 0.379 e. The molecule has 0 aliphatic rings. The van der Waals surface area contributed by atoms with Gasteiger partial charge in [0, 0.05) is 33.8 Å². The van der Waals surface area contributed by atoms with E-state index in [1.807, 2.05) is 6.92 Å². The van der Waals surface area contributed by atoms with Crippen LogP contribution in [0.1, 0.15) is 26.7 Å². The topological polar surface area (TPSA) is 75.2 Å². The number of hydrogen-bond donors (Lipinski definition) is 2. The lowest BCUT2D eigenvalue weighted by molar-refractivity contribution is -0.127. The molecule has 0 spiro atoms. The fourth-order valence-electron chi connectivity index (χ4n) is 1.44. The Bertz CT molecular complexity index is 309. The Kier molecular flexibility index (Phi) is 13.7. The monoisotopic (exact) mass is 316 g/mol. The lowest BCUT2D eigenvalue weighted by atomic mass is 10.4. The van der Waals surface area contributed by atoms with Crippen LogP contribution in [-0.2, 0) is 14.3 Å². The molecule has 0 atom stereocenters. The smallest absolute Gasteiger partial charge is 0.243 e. The van der Waals surface area contributed by atoms with Gasteiger partial charge in [0.2, 0.25) is 5.91 Å². The Morgan fingerprint density at radius 1 is 1.05 bits per heavy atom. The zero-order valence-corrected chi connectivity index (χ0v) is 14.5. The van der Waals surface area contributed by atoms with Gasteiger partial charge >= 0.3 is 0 Å². The summed E-state index contributed by atoms with van der Waals surface area (Å²) in [6.07, 6.45) is 2.24. The maximum Gasteiger partial charge on any atom is 0.243 e. The molecule has 7 heteroatoms. The van der Waals surface area contributed by atoms with E-state index in [0.29, 0.717) is 32.3 Å². The van der Waals surface area contributed by atoms with E-state index in [2.05, 4.69) is 22.5 Å². The number of amides is 1. The van der Waals surface area contributed by atoms with Gasteiger partial charge in [-0.3, -0.25) is 4.79 Å². The predicted molar refractivity (Wildman–Crippen MR) is 89.2 cm³/mol. The van der Waals surface area contributed by atoms with E-state index >= 15 is 0 Å². The summed E-state index contributed by atoms with van der Waals surface area (Å²) in [5, 5.41) is 6.22. The third-order valence-corrected chi connectivity index (χ3v) is 2.77. The van der Waals surface area contributed by atoms with Crippen LogP contribution in [0.5, 0.6) is 0 Å². The number of nitrogens with zero attached hydrogens (tertiary/aromatic N) is 2. The van der Waals surface area contributed by atoms with E-state index < -0.39 is 0 Å². The molecule has 1 amide bonds. The van der Waals surface area contributed by atoms with Gasteiger partial charge in [-0.05, 0) is 13.3 Å². The predicted octanol–water partition coefficient (Wildman–Crippen LogP) is 0.463. The molecule has 130 valence electrons. The van der Waals surface area contributed by atoms with Crippen molar-refractivity contribution < 1.29 is 14.3 Å². The molecule has 0 aromatic heterocycles. The van der Waals surface area contributed by atoms with E-state index in [1.165, 1.54) is 4.90 Å². The van der Waals surface area contributed by atoms with Gasteiger partial charge in [0.05, 0.1) is 19.8 Å². The van der Waals surface area contributed by atoms with Crippen LogP contribution in [0.15, 0.2) is 4.99 Å². The molecule has 0 rings (SSSR count). The van der Waals surface area contributed by atoms with Crippen molar-refractivity contribution in [1.82, 2.24) is 15.5 Å². The van der Waals surface area contributed by atoms with Crippen LogP contribution in [0.25, 0.3) is 0 Å². The molecule has 0 fully saturated rings. The van der Waals surface area contributed by atoms with E-state index in [4.69, 9.17) is 9.47 Å². The fraction of sp³-hybridized carbons (Fsp3) is 0.867. The molecule has 0 radical (unpaired) electrons. The number of carbonyl (C=O) groups excluding carboxylic acids is 1. The lowest BCUT2D eigenvalue weighted by Gasteiger charge is -2.13. The first-order chi connectivity index (χ1) is 10.6. The second-order valence-electron chi connectivity index (χ2n) is 4.99. The zero-order chi connectivity index (χ0) is 16.6. The van der Waals surface area contributed by atoms with Gasteiger partial charge in [0.1, 0.15) is 6.54 Å². The maximum atomic E-state index is 11.5. The first-order valence-corrected chi connectivity index (χ1v) is 7.99.